The van der Waals surface area contributed by atoms with Crippen LogP contribution in [-0.4, -0.2) is 12.2 Å². The van der Waals surface area contributed by atoms with Gasteiger partial charge in [-0.2, -0.15) is 0 Å². The Balaban J connectivity index is 4.43. The highest BCUT2D eigenvalue weighted by Gasteiger charge is 2.27. The maximum absolute atomic E-state index is 6.05. The van der Waals surface area contributed by atoms with Gasteiger partial charge in [0.25, 0.3) is 0 Å². The first-order chi connectivity index (χ1) is 8.54. The molecule has 0 bridgehead atoms. The van der Waals surface area contributed by atoms with Crippen molar-refractivity contribution in [3.8, 4) is 0 Å². The summed E-state index contributed by atoms with van der Waals surface area (Å²) in [4.78, 5) is 0. The van der Waals surface area contributed by atoms with E-state index >= 15 is 0 Å². The summed E-state index contributed by atoms with van der Waals surface area (Å²) in [6, 6.07) is 0. The monoisotopic (exact) mass is 268 g/mol. The molecule has 1 heteroatoms. The first kappa shape index (κ1) is 18.7. The van der Waals surface area contributed by atoms with Gasteiger partial charge in [0, 0.05) is 0 Å². The molecule has 0 unspecified atom stereocenters. The van der Waals surface area contributed by atoms with E-state index < -0.39 is 0 Å². The lowest BCUT2D eigenvalue weighted by molar-refractivity contribution is -0.0575. The lowest BCUT2D eigenvalue weighted by Gasteiger charge is -2.34. The van der Waals surface area contributed by atoms with E-state index in [2.05, 4.69) is 67.5 Å². The molecule has 0 rings (SSSR count). The molecule has 0 saturated heterocycles. The van der Waals surface area contributed by atoms with E-state index in [-0.39, 0.29) is 5.60 Å². The number of rotatable bonds is 7. The molecule has 0 N–H and O–H groups in total. The first-order valence-electron chi connectivity index (χ1n) is 7.85. The Hall–Kier alpha value is -0.300. The van der Waals surface area contributed by atoms with Crippen LogP contribution in [0.25, 0.3) is 0 Å². The highest BCUT2D eigenvalue weighted by atomic mass is 16.5. The molecule has 0 saturated carbocycles. The summed E-state index contributed by atoms with van der Waals surface area (Å²) in [5.74, 6) is 0. The summed E-state index contributed by atoms with van der Waals surface area (Å²) in [7, 11) is 0. The van der Waals surface area contributed by atoms with Gasteiger partial charge in [0.2, 0.25) is 0 Å². The van der Waals surface area contributed by atoms with Gasteiger partial charge in [-0.1, -0.05) is 46.8 Å². The van der Waals surface area contributed by atoms with Crippen LogP contribution in [0.5, 0.6) is 0 Å². The van der Waals surface area contributed by atoms with Gasteiger partial charge in [-0.3, -0.25) is 0 Å². The molecule has 19 heavy (non-hydrogen) atoms. The van der Waals surface area contributed by atoms with Crippen molar-refractivity contribution in [1.29, 1.82) is 0 Å². The van der Waals surface area contributed by atoms with E-state index in [0.29, 0.717) is 10.8 Å². The zero-order valence-electron chi connectivity index (χ0n) is 14.6. The van der Waals surface area contributed by atoms with Gasteiger partial charge in [-0.05, 0) is 57.3 Å². The first-order valence-corrected chi connectivity index (χ1v) is 7.85. The molecule has 0 aliphatic heterocycles. The molecule has 0 amide bonds. The summed E-state index contributed by atoms with van der Waals surface area (Å²) >= 11 is 0. The second-order valence-corrected chi connectivity index (χ2v) is 7.92. The van der Waals surface area contributed by atoms with Crippen LogP contribution in [0.15, 0.2) is 12.2 Å². The van der Waals surface area contributed by atoms with Crippen LogP contribution in [0.4, 0.5) is 0 Å². The number of hydrogen-bond acceptors (Lipinski definition) is 1. The molecule has 0 aliphatic rings. The standard InChI is InChI=1S/C18H36O/c1-9-18(10-2,15-19-17(6,7)8)14-12-11-13-16(3,4)5/h11,13H,9-10,12,14-15H2,1-8H3/b13-11+. The van der Waals surface area contributed by atoms with Crippen molar-refractivity contribution < 1.29 is 4.74 Å². The molecular weight excluding hydrogens is 232 g/mol. The maximum Gasteiger partial charge on any atom is 0.0598 e. The quantitative estimate of drug-likeness (QED) is 0.515. The minimum Gasteiger partial charge on any atom is -0.375 e. The fourth-order valence-corrected chi connectivity index (χ4v) is 2.08. The van der Waals surface area contributed by atoms with E-state index in [0.717, 1.165) is 13.0 Å². The second kappa shape index (κ2) is 7.47. The van der Waals surface area contributed by atoms with Crippen molar-refractivity contribution in [2.75, 3.05) is 6.61 Å². The van der Waals surface area contributed by atoms with E-state index in [4.69, 9.17) is 4.74 Å². The van der Waals surface area contributed by atoms with E-state index in [1.807, 2.05) is 0 Å². The molecule has 0 atom stereocenters. The Morgan fingerprint density at radius 3 is 1.79 bits per heavy atom. The molecule has 0 aliphatic carbocycles. The maximum atomic E-state index is 6.05. The van der Waals surface area contributed by atoms with Crippen LogP contribution < -0.4 is 0 Å². The van der Waals surface area contributed by atoms with Gasteiger partial charge < -0.3 is 4.74 Å². The van der Waals surface area contributed by atoms with E-state index in [1.165, 1.54) is 19.3 Å². The average Bonchev–Trinajstić information content (AvgIpc) is 2.26. The average molecular weight is 268 g/mol. The minimum absolute atomic E-state index is 0.0309. The van der Waals surface area contributed by atoms with Crippen molar-refractivity contribution in [3.05, 3.63) is 12.2 Å². The molecule has 0 spiro atoms. The zero-order valence-corrected chi connectivity index (χ0v) is 14.6. The largest absolute Gasteiger partial charge is 0.375 e. The summed E-state index contributed by atoms with van der Waals surface area (Å²) in [5, 5.41) is 0. The van der Waals surface area contributed by atoms with Crippen molar-refractivity contribution in [3.63, 3.8) is 0 Å². The van der Waals surface area contributed by atoms with Crippen molar-refractivity contribution in [2.24, 2.45) is 10.8 Å². The summed E-state index contributed by atoms with van der Waals surface area (Å²) in [6.07, 6.45) is 9.45. The predicted octanol–water partition coefficient (Wildman–Crippen LogP) is 5.99. The second-order valence-electron chi connectivity index (χ2n) is 7.92. The third-order valence-corrected chi connectivity index (χ3v) is 3.77. The lowest BCUT2D eigenvalue weighted by atomic mass is 9.78. The summed E-state index contributed by atoms with van der Waals surface area (Å²) in [6.45, 7) is 18.6. The molecule has 0 heterocycles. The van der Waals surface area contributed by atoms with E-state index in [9.17, 15) is 0 Å². The van der Waals surface area contributed by atoms with Crippen molar-refractivity contribution >= 4 is 0 Å². The summed E-state index contributed by atoms with van der Waals surface area (Å²) < 4.78 is 6.05. The highest BCUT2D eigenvalue weighted by Crippen LogP contribution is 2.34. The number of hydrogen-bond donors (Lipinski definition) is 0. The lowest BCUT2D eigenvalue weighted by Crippen LogP contribution is -2.31. The zero-order chi connectivity index (χ0) is 15.2. The Bertz CT molecular complexity index is 258. The Kier molecular flexibility index (Phi) is 7.36. The predicted molar refractivity (Wildman–Crippen MR) is 86.5 cm³/mol. The summed E-state index contributed by atoms with van der Waals surface area (Å²) in [5.41, 5.74) is 0.606. The van der Waals surface area contributed by atoms with Crippen LogP contribution in [0.1, 0.15) is 81.1 Å². The van der Waals surface area contributed by atoms with Crippen LogP contribution in [0.3, 0.4) is 0 Å². The number of allylic oxidation sites excluding steroid dienone is 2. The molecule has 1 nitrogen and oxygen atoms in total. The third kappa shape index (κ3) is 9.27. The van der Waals surface area contributed by atoms with Crippen molar-refractivity contribution in [2.45, 2.75) is 86.7 Å². The van der Waals surface area contributed by atoms with Crippen LogP contribution >= 0.6 is 0 Å². The molecule has 0 aromatic heterocycles. The van der Waals surface area contributed by atoms with Crippen molar-refractivity contribution in [1.82, 2.24) is 0 Å². The normalized spacial score (nSPS) is 14.3. The van der Waals surface area contributed by atoms with E-state index in [1.54, 1.807) is 0 Å². The van der Waals surface area contributed by atoms with Crippen LogP contribution in [0, 0.1) is 10.8 Å². The molecule has 0 radical (unpaired) electrons. The molecule has 0 aromatic carbocycles. The Morgan fingerprint density at radius 2 is 1.42 bits per heavy atom. The van der Waals surface area contributed by atoms with Gasteiger partial charge in [-0.15, -0.1) is 0 Å². The molecule has 0 aromatic rings. The van der Waals surface area contributed by atoms with Gasteiger partial charge in [-0.25, -0.2) is 0 Å². The van der Waals surface area contributed by atoms with Crippen LogP contribution in [-0.2, 0) is 4.74 Å². The smallest absolute Gasteiger partial charge is 0.0598 e. The topological polar surface area (TPSA) is 9.23 Å². The molecular formula is C18H36O. The number of ether oxygens (including phenoxy) is 1. The van der Waals surface area contributed by atoms with Gasteiger partial charge in [0.05, 0.1) is 12.2 Å². The fourth-order valence-electron chi connectivity index (χ4n) is 2.08. The fraction of sp³-hybridized carbons (Fsp3) is 0.889. The Labute approximate surface area is 121 Å². The SMILES string of the molecule is CCC(CC)(CC/C=C/C(C)(C)C)COC(C)(C)C. The van der Waals surface area contributed by atoms with Gasteiger partial charge in [0.1, 0.15) is 0 Å². The minimum atomic E-state index is -0.0309. The molecule has 114 valence electrons. The molecule has 0 fully saturated rings. The van der Waals surface area contributed by atoms with Gasteiger partial charge in [0.15, 0.2) is 0 Å². The Morgan fingerprint density at radius 1 is 0.895 bits per heavy atom. The van der Waals surface area contributed by atoms with Crippen LogP contribution in [0.2, 0.25) is 0 Å². The van der Waals surface area contributed by atoms with Gasteiger partial charge >= 0.3 is 0 Å². The highest BCUT2D eigenvalue weighted by molar-refractivity contribution is 4.93. The third-order valence-electron chi connectivity index (χ3n) is 3.77.